The summed E-state index contributed by atoms with van der Waals surface area (Å²) in [6, 6.07) is 0. The Hall–Kier alpha value is -3.67. The normalized spacial score (nSPS) is 12.9. The van der Waals surface area contributed by atoms with Crippen LogP contribution in [0.25, 0.3) is 0 Å². The van der Waals surface area contributed by atoms with Crippen LogP contribution in [0, 0.1) is 0 Å². The van der Waals surface area contributed by atoms with E-state index in [0.717, 1.165) is 128 Å². The van der Waals surface area contributed by atoms with E-state index in [2.05, 4.69) is 118 Å². The first kappa shape index (κ1) is 56.3. The average molecular weight is 833 g/mol. The molecule has 0 N–H and O–H groups in total. The highest BCUT2D eigenvalue weighted by Crippen LogP contribution is 2.13. The second-order valence-electron chi connectivity index (χ2n) is 15.6. The van der Waals surface area contributed by atoms with E-state index < -0.39 is 6.10 Å². The molecule has 0 aliphatic heterocycles. The van der Waals surface area contributed by atoms with Gasteiger partial charge >= 0.3 is 17.9 Å². The molecule has 0 aromatic heterocycles. The highest BCUT2D eigenvalue weighted by molar-refractivity contribution is 5.71. The maximum absolute atomic E-state index is 12.8. The molecule has 340 valence electrons. The van der Waals surface area contributed by atoms with Gasteiger partial charge in [-0.25, -0.2) is 0 Å². The highest BCUT2D eigenvalue weighted by atomic mass is 16.6. The lowest BCUT2D eigenvalue weighted by atomic mass is 10.1. The fourth-order valence-electron chi connectivity index (χ4n) is 6.27. The van der Waals surface area contributed by atoms with Gasteiger partial charge in [0.2, 0.25) is 0 Å². The third-order valence-electron chi connectivity index (χ3n) is 9.81. The van der Waals surface area contributed by atoms with Crippen LogP contribution in [0.1, 0.15) is 207 Å². The number of ether oxygens (including phenoxy) is 3. The minimum atomic E-state index is -0.802. The molecule has 0 fully saturated rings. The predicted octanol–water partition coefficient (Wildman–Crippen LogP) is 15.8. The Morgan fingerprint density at radius 3 is 0.967 bits per heavy atom. The minimum Gasteiger partial charge on any atom is -0.462 e. The average Bonchev–Trinajstić information content (AvgIpc) is 3.24. The summed E-state index contributed by atoms with van der Waals surface area (Å²) in [4.78, 5) is 37.9. The molecule has 0 aliphatic carbocycles. The Morgan fingerprint density at radius 1 is 0.333 bits per heavy atom. The fraction of sp³-hybridized carbons (Fsp3) is 0.648. The third-order valence-corrected chi connectivity index (χ3v) is 9.81. The second-order valence-corrected chi connectivity index (χ2v) is 15.6. The molecule has 1 unspecified atom stereocenters. The van der Waals surface area contributed by atoms with Gasteiger partial charge in [0, 0.05) is 19.3 Å². The van der Waals surface area contributed by atoms with Crippen molar-refractivity contribution in [2.75, 3.05) is 13.2 Å². The van der Waals surface area contributed by atoms with Crippen LogP contribution in [0.4, 0.5) is 0 Å². The number of esters is 3. The van der Waals surface area contributed by atoms with Crippen molar-refractivity contribution in [2.24, 2.45) is 0 Å². The Balaban J connectivity index is 4.47. The van der Waals surface area contributed by atoms with E-state index in [1.807, 2.05) is 0 Å². The zero-order valence-electron chi connectivity index (χ0n) is 38.7. The lowest BCUT2D eigenvalue weighted by molar-refractivity contribution is -0.167. The van der Waals surface area contributed by atoms with E-state index in [1.165, 1.54) is 38.5 Å². The molecular weight excluding hydrogens is 745 g/mol. The summed E-state index contributed by atoms with van der Waals surface area (Å²) >= 11 is 0. The number of allylic oxidation sites excluding steroid dienone is 16. The van der Waals surface area contributed by atoms with Gasteiger partial charge in [-0.1, -0.05) is 176 Å². The number of hydrogen-bond donors (Lipinski definition) is 0. The molecule has 0 bridgehead atoms. The first-order chi connectivity index (χ1) is 29.5. The summed E-state index contributed by atoms with van der Waals surface area (Å²) < 4.78 is 16.7. The fourth-order valence-corrected chi connectivity index (χ4v) is 6.27. The molecule has 0 aliphatic rings. The maximum atomic E-state index is 12.8. The maximum Gasteiger partial charge on any atom is 0.306 e. The monoisotopic (exact) mass is 833 g/mol. The predicted molar refractivity (Wildman–Crippen MR) is 256 cm³/mol. The first-order valence-electron chi connectivity index (χ1n) is 24.2. The number of hydrogen-bond acceptors (Lipinski definition) is 6. The van der Waals surface area contributed by atoms with E-state index in [0.29, 0.717) is 19.3 Å². The highest BCUT2D eigenvalue weighted by Gasteiger charge is 2.19. The number of rotatable bonds is 42. The quantitative estimate of drug-likeness (QED) is 0.0264. The van der Waals surface area contributed by atoms with E-state index >= 15 is 0 Å². The molecule has 0 saturated heterocycles. The van der Waals surface area contributed by atoms with Crippen LogP contribution in [-0.2, 0) is 28.6 Å². The second kappa shape index (κ2) is 48.0. The Bertz CT molecular complexity index is 1230. The zero-order chi connectivity index (χ0) is 43.7. The number of carbonyl (C=O) groups is 3. The van der Waals surface area contributed by atoms with Gasteiger partial charge in [0.25, 0.3) is 0 Å². The van der Waals surface area contributed by atoms with Gasteiger partial charge in [0.1, 0.15) is 13.2 Å². The van der Waals surface area contributed by atoms with Crippen LogP contribution >= 0.6 is 0 Å². The molecule has 0 saturated carbocycles. The van der Waals surface area contributed by atoms with E-state index in [1.54, 1.807) is 0 Å². The van der Waals surface area contributed by atoms with Gasteiger partial charge in [0.15, 0.2) is 6.10 Å². The van der Waals surface area contributed by atoms with Gasteiger partial charge in [-0.2, -0.15) is 0 Å². The van der Waals surface area contributed by atoms with Crippen LogP contribution in [-0.4, -0.2) is 37.2 Å². The number of unbranched alkanes of at least 4 members (excludes halogenated alkanes) is 15. The Kier molecular flexibility index (Phi) is 45.1. The molecule has 0 spiro atoms. The summed E-state index contributed by atoms with van der Waals surface area (Å²) in [5, 5.41) is 0. The van der Waals surface area contributed by atoms with Crippen LogP contribution in [0.3, 0.4) is 0 Å². The van der Waals surface area contributed by atoms with Gasteiger partial charge in [-0.15, -0.1) is 0 Å². The summed E-state index contributed by atoms with van der Waals surface area (Å²) in [5.74, 6) is -0.969. The van der Waals surface area contributed by atoms with Crippen molar-refractivity contribution in [3.05, 3.63) is 97.2 Å². The standard InChI is InChI=1S/C54H88O6/c1-4-7-10-13-16-19-22-25-27-28-30-32-35-38-41-44-47-53(56)59-50-51(49-58-52(55)46-43-40-37-34-31-24-21-18-15-12-9-6-3)60-54(57)48-45-42-39-36-33-29-26-23-20-17-14-11-8-5-2/h7-12,16-21,25,27,31,34,51H,4-6,13-15,22-24,26,28-30,32-33,35-50H2,1-3H3/b10-7-,11-8-,12-9-,19-16-,20-17-,21-18-,27-25-,34-31-. The third kappa shape index (κ3) is 45.4. The molecule has 0 aromatic carbocycles. The largest absolute Gasteiger partial charge is 0.462 e. The van der Waals surface area contributed by atoms with Crippen molar-refractivity contribution in [1.82, 2.24) is 0 Å². The topological polar surface area (TPSA) is 78.9 Å². The van der Waals surface area contributed by atoms with Gasteiger partial charge in [-0.05, 0) is 109 Å². The molecular formula is C54H88O6. The lowest BCUT2D eigenvalue weighted by Crippen LogP contribution is -2.30. The summed E-state index contributed by atoms with van der Waals surface area (Å²) in [7, 11) is 0. The summed E-state index contributed by atoms with van der Waals surface area (Å²) in [6.45, 7) is 6.23. The van der Waals surface area contributed by atoms with E-state index in [-0.39, 0.29) is 31.1 Å². The van der Waals surface area contributed by atoms with Crippen molar-refractivity contribution in [1.29, 1.82) is 0 Å². The van der Waals surface area contributed by atoms with Crippen LogP contribution in [0.5, 0.6) is 0 Å². The van der Waals surface area contributed by atoms with Crippen molar-refractivity contribution >= 4 is 17.9 Å². The number of carbonyl (C=O) groups excluding carboxylic acids is 3. The Labute approximate surface area is 368 Å². The lowest BCUT2D eigenvalue weighted by Gasteiger charge is -2.18. The summed E-state index contributed by atoms with van der Waals surface area (Å²) in [6.07, 6.45) is 62.5. The first-order valence-corrected chi connectivity index (χ1v) is 24.2. The zero-order valence-corrected chi connectivity index (χ0v) is 38.7. The molecule has 0 aromatic rings. The molecule has 0 amide bonds. The molecule has 6 nitrogen and oxygen atoms in total. The van der Waals surface area contributed by atoms with Crippen LogP contribution in [0.2, 0.25) is 0 Å². The van der Waals surface area contributed by atoms with Crippen molar-refractivity contribution in [2.45, 2.75) is 213 Å². The SMILES string of the molecule is CC/C=C\C/C=C\C/C=C\CCCCCCCCC(=O)OCC(COC(=O)CCCC/C=C\C/C=C\C/C=C\CC)OC(=O)CCCCCCCCC/C=C\C/C=C\CC. The summed E-state index contributed by atoms with van der Waals surface area (Å²) in [5.41, 5.74) is 0. The molecule has 0 rings (SSSR count). The molecule has 6 heteroatoms. The van der Waals surface area contributed by atoms with Gasteiger partial charge in [0.05, 0.1) is 0 Å². The van der Waals surface area contributed by atoms with Gasteiger partial charge in [-0.3, -0.25) is 14.4 Å². The van der Waals surface area contributed by atoms with E-state index in [9.17, 15) is 14.4 Å². The Morgan fingerprint density at radius 2 is 0.600 bits per heavy atom. The minimum absolute atomic E-state index is 0.101. The van der Waals surface area contributed by atoms with Crippen LogP contribution < -0.4 is 0 Å². The molecule has 60 heavy (non-hydrogen) atoms. The molecule has 0 heterocycles. The molecule has 1 atom stereocenters. The van der Waals surface area contributed by atoms with E-state index in [4.69, 9.17) is 14.2 Å². The van der Waals surface area contributed by atoms with Crippen LogP contribution in [0.15, 0.2) is 97.2 Å². The van der Waals surface area contributed by atoms with Gasteiger partial charge < -0.3 is 14.2 Å². The molecule has 0 radical (unpaired) electrons. The van der Waals surface area contributed by atoms with Crippen molar-refractivity contribution in [3.63, 3.8) is 0 Å². The smallest absolute Gasteiger partial charge is 0.306 e. The van der Waals surface area contributed by atoms with Crippen molar-refractivity contribution in [3.8, 4) is 0 Å². The van der Waals surface area contributed by atoms with Crippen molar-refractivity contribution < 1.29 is 28.6 Å².